The largest absolute Gasteiger partial charge is 0.375 e. The third-order valence-corrected chi connectivity index (χ3v) is 3.51. The van der Waals surface area contributed by atoms with Gasteiger partial charge in [-0.3, -0.25) is 0 Å². The summed E-state index contributed by atoms with van der Waals surface area (Å²) in [5.74, 6) is -0.289. The Kier molecular flexibility index (Phi) is 6.03. The van der Waals surface area contributed by atoms with E-state index in [-0.39, 0.29) is 5.82 Å². The molecule has 4 heteroatoms. The van der Waals surface area contributed by atoms with Gasteiger partial charge in [0.05, 0.1) is 0 Å². The molecule has 2 rings (SSSR count). The molecule has 0 bridgehead atoms. The molecule has 0 unspecified atom stereocenters. The maximum Gasteiger partial charge on any atom is 0.125 e. The first-order chi connectivity index (χ1) is 10.1. The highest BCUT2D eigenvalue weighted by atomic mass is 35.5. The summed E-state index contributed by atoms with van der Waals surface area (Å²) in [5, 5.41) is 3.75. The van der Waals surface area contributed by atoms with E-state index in [0.29, 0.717) is 11.6 Å². The molecule has 0 aliphatic heterocycles. The van der Waals surface area contributed by atoms with Crippen molar-refractivity contribution in [2.45, 2.75) is 13.0 Å². The average molecular weight is 307 g/mol. The van der Waals surface area contributed by atoms with Gasteiger partial charge in [0.25, 0.3) is 0 Å². The minimum absolute atomic E-state index is 0.289. The number of benzene rings is 2. The average Bonchev–Trinajstić information content (AvgIpc) is 2.46. The highest BCUT2D eigenvalue weighted by Crippen LogP contribution is 2.14. The van der Waals surface area contributed by atoms with E-state index in [9.17, 15) is 4.39 Å². The van der Waals surface area contributed by atoms with Crippen LogP contribution in [0, 0.1) is 5.82 Å². The van der Waals surface area contributed by atoms with Crippen molar-refractivity contribution in [1.29, 1.82) is 0 Å². The van der Waals surface area contributed by atoms with Crippen LogP contribution in [0.15, 0.2) is 48.5 Å². The Hall–Kier alpha value is -1.58. The van der Waals surface area contributed by atoms with E-state index in [1.807, 2.05) is 18.2 Å². The van der Waals surface area contributed by atoms with Crippen LogP contribution in [0.2, 0.25) is 5.02 Å². The monoisotopic (exact) mass is 306 g/mol. The lowest BCUT2D eigenvalue weighted by Crippen LogP contribution is -2.23. The molecule has 2 aromatic carbocycles. The third kappa shape index (κ3) is 5.37. The van der Waals surface area contributed by atoms with Gasteiger partial charge >= 0.3 is 0 Å². The summed E-state index contributed by atoms with van der Waals surface area (Å²) in [6, 6.07) is 14.9. The van der Waals surface area contributed by atoms with Gasteiger partial charge in [0.2, 0.25) is 0 Å². The lowest BCUT2D eigenvalue weighted by molar-refractivity contribution is 0.615. The number of halogens is 2. The van der Waals surface area contributed by atoms with Gasteiger partial charge in [0.15, 0.2) is 0 Å². The van der Waals surface area contributed by atoms with E-state index in [1.165, 1.54) is 17.8 Å². The topological polar surface area (TPSA) is 15.3 Å². The molecule has 0 amide bonds. The van der Waals surface area contributed by atoms with Crippen molar-refractivity contribution in [3.63, 3.8) is 0 Å². The summed E-state index contributed by atoms with van der Waals surface area (Å²) in [6.45, 7) is 2.48. The zero-order chi connectivity index (χ0) is 15.1. The minimum Gasteiger partial charge on any atom is -0.375 e. The van der Waals surface area contributed by atoms with Crippen LogP contribution < -0.4 is 10.2 Å². The standard InChI is InChI=1S/C17H20ClFN2/c1-21(17-6-3-2-4-7-17)9-5-8-20-13-14-10-15(18)12-16(19)11-14/h2-4,6-7,10-12,20H,5,8-9,13H2,1H3. The molecule has 0 aromatic heterocycles. The lowest BCUT2D eigenvalue weighted by Gasteiger charge is -2.19. The molecule has 0 saturated heterocycles. The summed E-state index contributed by atoms with van der Waals surface area (Å²) < 4.78 is 13.2. The number of para-hydroxylation sites is 1. The number of hydrogen-bond donors (Lipinski definition) is 1. The number of hydrogen-bond acceptors (Lipinski definition) is 2. The van der Waals surface area contributed by atoms with Gasteiger partial charge in [0, 0.05) is 30.8 Å². The molecule has 2 nitrogen and oxygen atoms in total. The van der Waals surface area contributed by atoms with Gasteiger partial charge in [-0.15, -0.1) is 0 Å². The highest BCUT2D eigenvalue weighted by Gasteiger charge is 2.01. The van der Waals surface area contributed by atoms with Crippen molar-refractivity contribution in [2.75, 3.05) is 25.0 Å². The van der Waals surface area contributed by atoms with E-state index in [1.54, 1.807) is 6.07 Å². The van der Waals surface area contributed by atoms with Crippen LogP contribution in [0.1, 0.15) is 12.0 Å². The molecule has 0 aliphatic carbocycles. The molecular formula is C17H20ClFN2. The Morgan fingerprint density at radius 3 is 2.62 bits per heavy atom. The Bertz CT molecular complexity index is 540. The zero-order valence-electron chi connectivity index (χ0n) is 12.2. The Labute approximate surface area is 130 Å². The first kappa shape index (κ1) is 15.8. The van der Waals surface area contributed by atoms with Gasteiger partial charge < -0.3 is 10.2 Å². The lowest BCUT2D eigenvalue weighted by atomic mass is 10.2. The van der Waals surface area contributed by atoms with Crippen molar-refractivity contribution in [3.8, 4) is 0 Å². The summed E-state index contributed by atoms with van der Waals surface area (Å²) >= 11 is 5.83. The van der Waals surface area contributed by atoms with Gasteiger partial charge in [0.1, 0.15) is 5.82 Å². The van der Waals surface area contributed by atoms with Gasteiger partial charge in [-0.2, -0.15) is 0 Å². The molecule has 112 valence electrons. The second-order valence-corrected chi connectivity index (χ2v) is 5.50. The van der Waals surface area contributed by atoms with Gasteiger partial charge in [-0.1, -0.05) is 29.8 Å². The number of rotatable bonds is 7. The predicted molar refractivity (Wildman–Crippen MR) is 87.4 cm³/mol. The predicted octanol–water partition coefficient (Wildman–Crippen LogP) is 4.10. The maximum absolute atomic E-state index is 13.2. The van der Waals surface area contributed by atoms with Crippen LogP contribution in [0.3, 0.4) is 0 Å². The summed E-state index contributed by atoms with van der Waals surface area (Å²) in [6.07, 6.45) is 1.02. The SMILES string of the molecule is CN(CCCNCc1cc(F)cc(Cl)c1)c1ccccc1. The molecule has 0 atom stereocenters. The zero-order valence-corrected chi connectivity index (χ0v) is 12.9. The number of nitrogens with zero attached hydrogens (tertiary/aromatic N) is 1. The quantitative estimate of drug-likeness (QED) is 0.775. The van der Waals surface area contributed by atoms with Crippen LogP contribution in [0.4, 0.5) is 10.1 Å². The van der Waals surface area contributed by atoms with Crippen LogP contribution in [0.5, 0.6) is 0 Å². The fourth-order valence-corrected chi connectivity index (χ4v) is 2.44. The summed E-state index contributed by atoms with van der Waals surface area (Å²) in [4.78, 5) is 2.22. The Morgan fingerprint density at radius 1 is 1.14 bits per heavy atom. The van der Waals surface area contributed by atoms with Crippen molar-refractivity contribution in [1.82, 2.24) is 5.32 Å². The molecule has 0 heterocycles. The molecule has 0 fully saturated rings. The molecule has 0 spiro atoms. The van der Waals surface area contributed by atoms with Gasteiger partial charge in [-0.05, 0) is 48.9 Å². The molecule has 0 saturated carbocycles. The fourth-order valence-electron chi connectivity index (χ4n) is 2.20. The van der Waals surface area contributed by atoms with Crippen molar-refractivity contribution < 1.29 is 4.39 Å². The number of anilines is 1. The van der Waals surface area contributed by atoms with Crippen LogP contribution in [-0.2, 0) is 6.54 Å². The highest BCUT2D eigenvalue weighted by molar-refractivity contribution is 6.30. The molecular weight excluding hydrogens is 287 g/mol. The summed E-state index contributed by atoms with van der Waals surface area (Å²) in [7, 11) is 2.08. The summed E-state index contributed by atoms with van der Waals surface area (Å²) in [5.41, 5.74) is 2.09. The van der Waals surface area contributed by atoms with E-state index in [4.69, 9.17) is 11.6 Å². The first-order valence-corrected chi connectivity index (χ1v) is 7.45. The number of nitrogens with one attached hydrogen (secondary N) is 1. The fraction of sp³-hybridized carbons (Fsp3) is 0.294. The molecule has 21 heavy (non-hydrogen) atoms. The van der Waals surface area contributed by atoms with Gasteiger partial charge in [-0.25, -0.2) is 4.39 Å². The van der Waals surface area contributed by atoms with E-state index < -0.39 is 0 Å². The van der Waals surface area contributed by atoms with Crippen LogP contribution in [0.25, 0.3) is 0 Å². The molecule has 0 radical (unpaired) electrons. The van der Waals surface area contributed by atoms with Crippen molar-refractivity contribution in [2.24, 2.45) is 0 Å². The van der Waals surface area contributed by atoms with Crippen LogP contribution >= 0.6 is 11.6 Å². The normalized spacial score (nSPS) is 10.6. The first-order valence-electron chi connectivity index (χ1n) is 7.07. The Morgan fingerprint density at radius 2 is 1.90 bits per heavy atom. The molecule has 2 aromatic rings. The second kappa shape index (κ2) is 8.01. The maximum atomic E-state index is 13.2. The smallest absolute Gasteiger partial charge is 0.125 e. The van der Waals surface area contributed by atoms with Crippen molar-refractivity contribution in [3.05, 3.63) is 64.9 Å². The second-order valence-electron chi connectivity index (χ2n) is 5.07. The molecule has 0 aliphatic rings. The Balaban J connectivity index is 1.68. The third-order valence-electron chi connectivity index (χ3n) is 3.30. The van der Waals surface area contributed by atoms with E-state index in [0.717, 1.165) is 25.1 Å². The van der Waals surface area contributed by atoms with Crippen LogP contribution in [-0.4, -0.2) is 20.1 Å². The van der Waals surface area contributed by atoms with Crippen molar-refractivity contribution >= 4 is 17.3 Å². The van der Waals surface area contributed by atoms with E-state index >= 15 is 0 Å². The van der Waals surface area contributed by atoms with E-state index in [2.05, 4.69) is 29.4 Å². The molecule has 1 N–H and O–H groups in total. The minimum atomic E-state index is -0.289.